The van der Waals surface area contributed by atoms with Crippen molar-refractivity contribution >= 4 is 48.6 Å². The van der Waals surface area contributed by atoms with Crippen LogP contribution in [0.2, 0.25) is 0 Å². The van der Waals surface area contributed by atoms with Crippen molar-refractivity contribution in [1.82, 2.24) is 4.58 Å². The van der Waals surface area contributed by atoms with E-state index in [0.29, 0.717) is 5.75 Å². The molecule has 1 aromatic heterocycles. The molecule has 1 fully saturated rings. The molecule has 26 heavy (non-hydrogen) atoms. The molecule has 0 aliphatic carbocycles. The summed E-state index contributed by atoms with van der Waals surface area (Å²) in [5.74, 6) is 0.687. The lowest BCUT2D eigenvalue weighted by Crippen LogP contribution is -2.38. The largest absolute Gasteiger partial charge is 0.726 e. The molecule has 0 radical (unpaired) electrons. The van der Waals surface area contributed by atoms with Crippen LogP contribution in [0.25, 0.3) is 0 Å². The van der Waals surface area contributed by atoms with E-state index in [0.717, 1.165) is 31.9 Å². The number of carbonyl (C=O) groups excluding carboxylic acids is 1. The minimum Gasteiger partial charge on any atom is -0.726 e. The first-order valence-corrected chi connectivity index (χ1v) is 12.0. The molecule has 0 atom stereocenters. The average Bonchev–Trinajstić information content (AvgIpc) is 3.09. The molecule has 0 bridgehead atoms. The second-order valence-electron chi connectivity index (χ2n) is 5.07. The van der Waals surface area contributed by atoms with Crippen molar-refractivity contribution in [3.05, 3.63) is 46.6 Å². The Balaban J connectivity index is 0.000000431. The van der Waals surface area contributed by atoms with Gasteiger partial charge < -0.3 is 9.29 Å². The van der Waals surface area contributed by atoms with Crippen LogP contribution < -0.4 is 9.25 Å². The second kappa shape index (κ2) is 10.3. The van der Waals surface area contributed by atoms with Crippen molar-refractivity contribution < 1.29 is 27.1 Å². The van der Waals surface area contributed by atoms with Gasteiger partial charge in [0.1, 0.15) is 13.2 Å². The van der Waals surface area contributed by atoms with Crippen LogP contribution in [0.3, 0.4) is 0 Å². The van der Waals surface area contributed by atoms with Gasteiger partial charge in [-0.3, -0.25) is 9.35 Å². The third-order valence-corrected chi connectivity index (χ3v) is 7.16. The monoisotopic (exact) mass is 435 g/mol. The number of thioether (sulfide) groups is 1. The van der Waals surface area contributed by atoms with Crippen LogP contribution in [0.5, 0.6) is 0 Å². The molecular weight excluding hydrogens is 418 g/mol. The number of Topliss-reactive ketones (excluding diaryl/α,β-unsaturated/α-hetero) is 1. The molecule has 0 saturated carbocycles. The average molecular weight is 436 g/mol. The van der Waals surface area contributed by atoms with Gasteiger partial charge in [-0.05, 0) is 10.3 Å². The van der Waals surface area contributed by atoms with Gasteiger partial charge >= 0.3 is 0 Å². The number of benzene rings is 1. The summed E-state index contributed by atoms with van der Waals surface area (Å²) >= 11 is 1.63. The Labute approximate surface area is 162 Å². The van der Waals surface area contributed by atoms with Gasteiger partial charge in [-0.1, -0.05) is 40.7 Å². The van der Waals surface area contributed by atoms with Gasteiger partial charge in [-0.2, -0.15) is 0 Å². The molecule has 1 aromatic carbocycles. The van der Waals surface area contributed by atoms with Crippen LogP contribution in [0.15, 0.2) is 40.6 Å². The van der Waals surface area contributed by atoms with Crippen molar-refractivity contribution in [2.75, 3.05) is 32.1 Å². The molecule has 1 saturated heterocycles. The third kappa shape index (κ3) is 8.08. The zero-order valence-corrected chi connectivity index (χ0v) is 16.8. The molecule has 142 valence electrons. The lowest BCUT2D eigenvalue weighted by molar-refractivity contribution is 0.0971. The predicted octanol–water partition coefficient (Wildman–Crippen LogP) is 1.59. The summed E-state index contributed by atoms with van der Waals surface area (Å²) in [7, 11) is -1.38. The maximum Gasteiger partial charge on any atom is 0.268 e. The van der Waals surface area contributed by atoms with Crippen LogP contribution >= 0.6 is 32.4 Å². The van der Waals surface area contributed by atoms with Crippen molar-refractivity contribution in [2.24, 2.45) is 0 Å². The Morgan fingerprint density at radius 1 is 1.23 bits per heavy atom. The molecule has 1 aliphatic heterocycles. The molecule has 2 aromatic rings. The van der Waals surface area contributed by atoms with Gasteiger partial charge in [0.25, 0.3) is 4.67 Å². The van der Waals surface area contributed by atoms with Gasteiger partial charge in [0.05, 0.1) is 9.96 Å². The van der Waals surface area contributed by atoms with Crippen molar-refractivity contribution in [1.29, 1.82) is 0 Å². The van der Waals surface area contributed by atoms with Crippen molar-refractivity contribution in [3.8, 4) is 0 Å². The van der Waals surface area contributed by atoms with Crippen LogP contribution in [0.1, 0.15) is 10.4 Å². The standard InChI is InChI=1S/C15H16NO2S3.H2O4S/c17-13(12-4-2-1-3-5-12)11-19-15-10-14(20-21-15)16-6-8-18-9-7-16;1-5(2,3)4/h1-5,10H,6-9,11H2;(H2,1,2,3,4)/q+1;/p-1. The number of rotatable bonds is 4. The van der Waals surface area contributed by atoms with E-state index in [1.807, 2.05) is 30.3 Å². The highest BCUT2D eigenvalue weighted by molar-refractivity contribution is 8.03. The number of hydrogen-bond donors (Lipinski definition) is 1. The van der Waals surface area contributed by atoms with Crippen LogP contribution in [-0.2, 0) is 15.1 Å². The Morgan fingerprint density at radius 2 is 1.85 bits per heavy atom. The van der Waals surface area contributed by atoms with Gasteiger partial charge in [-0.25, -0.2) is 13.0 Å². The molecular formula is C15H17NO6S4. The number of hydrogen-bond acceptors (Lipinski definition) is 8. The molecule has 2 heterocycles. The fourth-order valence-corrected chi connectivity index (χ4v) is 5.85. The minimum atomic E-state index is -4.92. The Hall–Kier alpha value is -1.08. The summed E-state index contributed by atoms with van der Waals surface area (Å²) in [4.78, 5) is 12.1. The number of ether oxygens (including phenoxy) is 1. The van der Waals surface area contributed by atoms with E-state index in [4.69, 9.17) is 22.3 Å². The van der Waals surface area contributed by atoms with Gasteiger partial charge in [0, 0.05) is 11.6 Å². The van der Waals surface area contributed by atoms with Crippen molar-refractivity contribution in [3.63, 3.8) is 0 Å². The summed E-state index contributed by atoms with van der Waals surface area (Å²) in [6, 6.07) is 11.7. The molecule has 0 unspecified atom stereocenters. The zero-order valence-electron chi connectivity index (χ0n) is 13.6. The summed E-state index contributed by atoms with van der Waals surface area (Å²) in [5.41, 5.74) is 0.790. The van der Waals surface area contributed by atoms with Gasteiger partial charge in [0.2, 0.25) is 10.4 Å². The Morgan fingerprint density at radius 3 is 2.46 bits per heavy atom. The maximum absolute atomic E-state index is 12.1. The second-order valence-corrected chi connectivity index (χ2v) is 9.40. The first-order valence-electron chi connectivity index (χ1n) is 7.48. The molecule has 7 nitrogen and oxygen atoms in total. The molecule has 11 heteroatoms. The van der Waals surface area contributed by atoms with E-state index >= 15 is 0 Å². The lowest BCUT2D eigenvalue weighted by atomic mass is 10.2. The van der Waals surface area contributed by atoms with Gasteiger partial charge in [-0.15, -0.1) is 11.8 Å². The highest BCUT2D eigenvalue weighted by atomic mass is 32.9. The SMILES string of the molecule is O=C(CSc1cc(=[N+]2CCOCC2)ss1)c1ccccc1.O=S(=O)([O-])O. The Kier molecular flexibility index (Phi) is 8.41. The highest BCUT2D eigenvalue weighted by Gasteiger charge is 2.14. The molecule has 0 spiro atoms. The molecule has 1 aliphatic rings. The number of carbonyl (C=O) groups is 1. The number of nitrogens with zero attached hydrogens (tertiary/aromatic N) is 1. The summed E-state index contributed by atoms with van der Waals surface area (Å²) in [6.45, 7) is 3.52. The fourth-order valence-electron chi connectivity index (χ4n) is 2.07. The molecule has 1 N–H and O–H groups in total. The van der Waals surface area contributed by atoms with E-state index in [-0.39, 0.29) is 5.78 Å². The quantitative estimate of drug-likeness (QED) is 0.194. The van der Waals surface area contributed by atoms with Crippen molar-refractivity contribution in [2.45, 2.75) is 4.21 Å². The van der Waals surface area contributed by atoms with Crippen LogP contribution in [0.4, 0.5) is 0 Å². The van der Waals surface area contributed by atoms with E-state index < -0.39 is 10.4 Å². The van der Waals surface area contributed by atoms with E-state index in [9.17, 15) is 4.79 Å². The summed E-state index contributed by atoms with van der Waals surface area (Å²) in [6.07, 6.45) is 0. The fraction of sp³-hybridized carbons (Fsp3) is 0.333. The predicted molar refractivity (Wildman–Crippen MR) is 102 cm³/mol. The highest BCUT2D eigenvalue weighted by Crippen LogP contribution is 2.24. The zero-order chi connectivity index (χ0) is 19.0. The topological polar surface area (TPSA) is 107 Å². The maximum atomic E-state index is 12.1. The lowest BCUT2D eigenvalue weighted by Gasteiger charge is -2.09. The summed E-state index contributed by atoms with van der Waals surface area (Å²) in [5, 5.41) is 0. The first kappa shape index (κ1) is 21.2. The summed E-state index contributed by atoms with van der Waals surface area (Å²) < 4.78 is 43.1. The molecule has 3 rings (SSSR count). The van der Waals surface area contributed by atoms with Crippen LogP contribution in [0, 0.1) is 0 Å². The van der Waals surface area contributed by atoms with E-state index in [2.05, 4.69) is 10.6 Å². The molecule has 0 amide bonds. The first-order chi connectivity index (χ1) is 12.3. The number of ketones is 1. The minimum absolute atomic E-state index is 0.187. The Bertz CT molecular complexity index is 872. The normalized spacial score (nSPS) is 14.5. The third-order valence-electron chi connectivity index (χ3n) is 3.21. The number of morpholine rings is 1. The van der Waals surface area contributed by atoms with Crippen LogP contribution in [-0.4, -0.2) is 55.4 Å². The smallest absolute Gasteiger partial charge is 0.268 e. The van der Waals surface area contributed by atoms with Gasteiger partial charge in [0.15, 0.2) is 18.9 Å². The van der Waals surface area contributed by atoms with E-state index in [1.54, 1.807) is 32.4 Å². The van der Waals surface area contributed by atoms with E-state index in [1.165, 1.54) is 8.88 Å².